The van der Waals surface area contributed by atoms with Crippen LogP contribution in [0.15, 0.2) is 0 Å². The number of carbonyl (C=O) groups excluding carboxylic acids is 4. The van der Waals surface area contributed by atoms with Gasteiger partial charge in [-0.3, -0.25) is 9.59 Å². The molecule has 0 saturated carbocycles. The summed E-state index contributed by atoms with van der Waals surface area (Å²) in [6, 6.07) is -1.30. The molecule has 0 radical (unpaired) electrons. The Hall–Kier alpha value is -2.60. The number of nitrogens with one attached hydrogen (secondary N) is 1. The highest BCUT2D eigenvalue weighted by Crippen LogP contribution is 2.13. The van der Waals surface area contributed by atoms with Crippen LogP contribution >= 0.6 is 0 Å². The van der Waals surface area contributed by atoms with Gasteiger partial charge in [0.1, 0.15) is 12.2 Å². The Bertz CT molecular complexity index is 543. The first kappa shape index (κ1) is 19.4. The summed E-state index contributed by atoms with van der Waals surface area (Å²) in [6.07, 6.45) is 4.09. The Morgan fingerprint density at radius 3 is 2.38 bits per heavy atom. The summed E-state index contributed by atoms with van der Waals surface area (Å²) >= 11 is 0. The zero-order chi connectivity index (χ0) is 18.3. The lowest BCUT2D eigenvalue weighted by molar-refractivity contribution is -0.199. The van der Waals surface area contributed by atoms with Crippen molar-refractivity contribution < 1.29 is 33.5 Å². The first-order valence-corrected chi connectivity index (χ1v) is 7.22. The van der Waals surface area contributed by atoms with Crippen LogP contribution in [0.25, 0.3) is 0 Å². The molecule has 0 spiro atoms. The summed E-state index contributed by atoms with van der Waals surface area (Å²) in [5.74, 6) is -0.0977. The number of rotatable bonds is 6. The average molecular weight is 340 g/mol. The van der Waals surface area contributed by atoms with E-state index < -0.39 is 35.5 Å². The highest BCUT2D eigenvalue weighted by atomic mass is 16.7. The Morgan fingerprint density at radius 1 is 1.29 bits per heavy atom. The van der Waals surface area contributed by atoms with Crippen LogP contribution in [0.5, 0.6) is 0 Å². The lowest BCUT2D eigenvalue weighted by atomic mass is 10.2. The number of hydroxylamine groups is 2. The van der Waals surface area contributed by atoms with Crippen molar-refractivity contribution in [3.63, 3.8) is 0 Å². The monoisotopic (exact) mass is 340 g/mol. The first-order valence-electron chi connectivity index (χ1n) is 7.22. The van der Waals surface area contributed by atoms with Crippen LogP contribution in [0.3, 0.4) is 0 Å². The van der Waals surface area contributed by atoms with Gasteiger partial charge >= 0.3 is 12.1 Å². The predicted octanol–water partition coefficient (Wildman–Crippen LogP) is 0.137. The largest absolute Gasteiger partial charge is 0.444 e. The molecule has 132 valence electrons. The van der Waals surface area contributed by atoms with E-state index in [0.29, 0.717) is 5.06 Å². The fourth-order valence-electron chi connectivity index (χ4n) is 1.67. The molecule has 0 bridgehead atoms. The van der Waals surface area contributed by atoms with Crippen LogP contribution in [0.4, 0.5) is 4.79 Å². The van der Waals surface area contributed by atoms with E-state index in [0.717, 1.165) is 0 Å². The summed E-state index contributed by atoms with van der Waals surface area (Å²) in [5.41, 5.74) is -0.779. The van der Waals surface area contributed by atoms with E-state index in [-0.39, 0.29) is 26.1 Å². The molecule has 1 heterocycles. The summed E-state index contributed by atoms with van der Waals surface area (Å²) < 4.78 is 10.1. The van der Waals surface area contributed by atoms with Crippen molar-refractivity contribution in [3.05, 3.63) is 0 Å². The van der Waals surface area contributed by atoms with Gasteiger partial charge in [0.2, 0.25) is 0 Å². The molecular formula is C15H20N2O7. The third-order valence-corrected chi connectivity index (χ3v) is 2.63. The van der Waals surface area contributed by atoms with Gasteiger partial charge < -0.3 is 19.6 Å². The third-order valence-electron chi connectivity index (χ3n) is 2.63. The Kier molecular flexibility index (Phi) is 6.73. The SMILES string of the molecule is C#CCOC[C@H](NC(=O)OC(C)(C)C)C(=O)ON1C(=O)CCC1=O. The highest BCUT2D eigenvalue weighted by Gasteiger charge is 2.35. The van der Waals surface area contributed by atoms with Crippen molar-refractivity contribution in [3.8, 4) is 12.3 Å². The number of nitrogens with zero attached hydrogens (tertiary/aromatic N) is 1. The van der Waals surface area contributed by atoms with E-state index in [1.54, 1.807) is 20.8 Å². The summed E-state index contributed by atoms with van der Waals surface area (Å²) in [6.45, 7) is 4.54. The van der Waals surface area contributed by atoms with Gasteiger partial charge in [0.25, 0.3) is 11.8 Å². The van der Waals surface area contributed by atoms with Crippen LogP contribution in [0, 0.1) is 12.3 Å². The van der Waals surface area contributed by atoms with Gasteiger partial charge in [-0.15, -0.1) is 11.5 Å². The first-order chi connectivity index (χ1) is 11.1. The number of hydrogen-bond donors (Lipinski definition) is 1. The maximum atomic E-state index is 12.1. The van der Waals surface area contributed by atoms with Gasteiger partial charge in [0.15, 0.2) is 6.04 Å². The van der Waals surface area contributed by atoms with Crippen LogP contribution < -0.4 is 5.32 Å². The molecule has 0 unspecified atom stereocenters. The minimum atomic E-state index is -1.30. The van der Waals surface area contributed by atoms with E-state index >= 15 is 0 Å². The van der Waals surface area contributed by atoms with Crippen molar-refractivity contribution in [2.75, 3.05) is 13.2 Å². The van der Waals surface area contributed by atoms with Gasteiger partial charge in [-0.25, -0.2) is 9.59 Å². The van der Waals surface area contributed by atoms with Crippen LogP contribution in [0.1, 0.15) is 33.6 Å². The molecule has 1 aliphatic heterocycles. The molecule has 0 aromatic rings. The van der Waals surface area contributed by atoms with Gasteiger partial charge in [0.05, 0.1) is 6.61 Å². The van der Waals surface area contributed by atoms with Crippen molar-refractivity contribution in [2.45, 2.75) is 45.3 Å². The fraction of sp³-hybridized carbons (Fsp3) is 0.600. The maximum Gasteiger partial charge on any atom is 0.408 e. The van der Waals surface area contributed by atoms with Crippen molar-refractivity contribution in [1.29, 1.82) is 0 Å². The lowest BCUT2D eigenvalue weighted by Gasteiger charge is -2.23. The zero-order valence-corrected chi connectivity index (χ0v) is 13.8. The molecule has 24 heavy (non-hydrogen) atoms. The molecular weight excluding hydrogens is 320 g/mol. The van der Waals surface area contributed by atoms with E-state index in [4.69, 9.17) is 20.7 Å². The van der Waals surface area contributed by atoms with Crippen LogP contribution in [-0.4, -0.2) is 53.8 Å². The molecule has 9 nitrogen and oxygen atoms in total. The van der Waals surface area contributed by atoms with E-state index in [9.17, 15) is 19.2 Å². The van der Waals surface area contributed by atoms with Gasteiger partial charge in [-0.05, 0) is 20.8 Å². The molecule has 0 aromatic carbocycles. The maximum absolute atomic E-state index is 12.1. The number of terminal acetylenes is 1. The second kappa shape index (κ2) is 8.31. The number of amides is 3. The Balaban J connectivity index is 2.71. The summed E-state index contributed by atoms with van der Waals surface area (Å²) in [4.78, 5) is 51.6. The second-order valence-corrected chi connectivity index (χ2v) is 5.91. The smallest absolute Gasteiger partial charge is 0.408 e. The third kappa shape index (κ3) is 6.26. The van der Waals surface area contributed by atoms with Gasteiger partial charge in [-0.2, -0.15) is 0 Å². The molecule has 3 amide bonds. The summed E-state index contributed by atoms with van der Waals surface area (Å²) in [7, 11) is 0. The minimum absolute atomic E-state index is 0.0378. The van der Waals surface area contributed by atoms with E-state index in [1.807, 2.05) is 0 Å². The fourth-order valence-corrected chi connectivity index (χ4v) is 1.67. The minimum Gasteiger partial charge on any atom is -0.444 e. The average Bonchev–Trinajstić information content (AvgIpc) is 2.76. The molecule has 1 rings (SSSR count). The zero-order valence-electron chi connectivity index (χ0n) is 13.8. The number of carbonyl (C=O) groups is 4. The molecule has 0 aliphatic carbocycles. The second-order valence-electron chi connectivity index (χ2n) is 5.91. The van der Waals surface area contributed by atoms with Crippen LogP contribution in [-0.2, 0) is 28.7 Å². The molecule has 0 aromatic heterocycles. The number of alkyl carbamates (subject to hydrolysis) is 1. The molecule has 1 saturated heterocycles. The number of imide groups is 1. The van der Waals surface area contributed by atoms with Gasteiger partial charge in [-0.1, -0.05) is 5.92 Å². The molecule has 1 aliphatic rings. The predicted molar refractivity (Wildman–Crippen MR) is 80.0 cm³/mol. The quantitative estimate of drug-likeness (QED) is 0.416. The molecule has 1 atom stereocenters. The van der Waals surface area contributed by atoms with Crippen LogP contribution in [0.2, 0.25) is 0 Å². The van der Waals surface area contributed by atoms with Crippen molar-refractivity contribution in [2.24, 2.45) is 0 Å². The lowest BCUT2D eigenvalue weighted by Crippen LogP contribution is -2.49. The normalized spacial score (nSPS) is 15.7. The Morgan fingerprint density at radius 2 is 1.88 bits per heavy atom. The Labute approximate surface area is 139 Å². The van der Waals surface area contributed by atoms with E-state index in [2.05, 4.69) is 11.2 Å². The topological polar surface area (TPSA) is 111 Å². The van der Waals surface area contributed by atoms with Gasteiger partial charge in [0, 0.05) is 12.8 Å². The molecule has 1 fully saturated rings. The van der Waals surface area contributed by atoms with Crippen molar-refractivity contribution >= 4 is 23.9 Å². The van der Waals surface area contributed by atoms with E-state index in [1.165, 1.54) is 0 Å². The standard InChI is InChI=1S/C15H20N2O7/c1-5-8-22-9-10(16-14(21)23-15(2,3)4)13(20)24-17-11(18)6-7-12(17)19/h1,10H,6-9H2,2-4H3,(H,16,21)/t10-/m0/s1. The molecule has 1 N–H and O–H groups in total. The van der Waals surface area contributed by atoms with Crippen molar-refractivity contribution in [1.82, 2.24) is 10.4 Å². The number of hydrogen-bond acceptors (Lipinski definition) is 7. The summed E-state index contributed by atoms with van der Waals surface area (Å²) in [5, 5.41) is 2.64. The molecule has 9 heteroatoms. The number of ether oxygens (including phenoxy) is 2. The highest BCUT2D eigenvalue weighted by molar-refractivity contribution is 6.01.